The fourth-order valence-corrected chi connectivity index (χ4v) is 1.46. The van der Waals surface area contributed by atoms with E-state index in [1.807, 2.05) is 13.8 Å². The predicted octanol–water partition coefficient (Wildman–Crippen LogP) is 2.74. The Kier molecular flexibility index (Phi) is 4.29. The van der Waals surface area contributed by atoms with Crippen LogP contribution in [-0.4, -0.2) is 17.6 Å². The second-order valence-corrected chi connectivity index (χ2v) is 4.98. The maximum Gasteiger partial charge on any atom is 0.257 e. The van der Waals surface area contributed by atoms with E-state index in [0.717, 1.165) is 4.48 Å². The number of aryl methyl sites for hydroxylation is 1. The Hall–Kier alpha value is -1.10. The average molecular weight is 287 g/mol. The summed E-state index contributed by atoms with van der Waals surface area (Å²) in [5, 5.41) is 6.55. The largest absolute Gasteiger partial charge is 0.360 e. The monoisotopic (exact) mass is 286 g/mol. The van der Waals surface area contributed by atoms with Crippen LogP contribution in [0.25, 0.3) is 0 Å². The van der Waals surface area contributed by atoms with E-state index >= 15 is 0 Å². The quantitative estimate of drug-likeness (QED) is 0.926. The van der Waals surface area contributed by atoms with Gasteiger partial charge in [0.2, 0.25) is 0 Å². The van der Waals surface area contributed by atoms with Crippen LogP contribution in [0, 0.1) is 6.92 Å². The zero-order chi connectivity index (χ0) is 12.3. The van der Waals surface area contributed by atoms with Crippen molar-refractivity contribution in [1.82, 2.24) is 10.5 Å². The van der Waals surface area contributed by atoms with Gasteiger partial charge in [-0.3, -0.25) is 4.79 Å². The third kappa shape index (κ3) is 2.95. The summed E-state index contributed by atoms with van der Waals surface area (Å²) in [5.41, 5.74) is 1.14. The molecule has 0 spiro atoms. The van der Waals surface area contributed by atoms with Gasteiger partial charge in [-0.15, -0.1) is 0 Å². The first-order valence-electron chi connectivity index (χ1n) is 5.01. The van der Waals surface area contributed by atoms with Crippen molar-refractivity contribution in [3.05, 3.63) is 28.1 Å². The first-order valence-corrected chi connectivity index (χ1v) is 5.80. The molecule has 0 unspecified atom stereocenters. The molecular formula is C11H15BrN2O2. The van der Waals surface area contributed by atoms with Crippen LogP contribution in [-0.2, 0) is 0 Å². The van der Waals surface area contributed by atoms with Gasteiger partial charge < -0.3 is 9.84 Å². The Balaban J connectivity index is 2.89. The molecule has 0 radical (unpaired) electrons. The van der Waals surface area contributed by atoms with Gasteiger partial charge in [0.25, 0.3) is 5.91 Å². The molecule has 0 aromatic carbocycles. The number of carbonyl (C=O) groups is 1. The standard InChI is InChI=1S/C11H15BrN2O2/c1-6(2)10-9(8(4)14-16-10)11(15)13-5-7(3)12/h6H,3,5H2,1-2,4H3,(H,13,15). The SMILES string of the molecule is C=C(Br)CNC(=O)c1c(C)noc1C(C)C. The summed E-state index contributed by atoms with van der Waals surface area (Å²) >= 11 is 3.18. The van der Waals surface area contributed by atoms with Crippen molar-refractivity contribution in [2.45, 2.75) is 26.7 Å². The van der Waals surface area contributed by atoms with Gasteiger partial charge in [-0.1, -0.05) is 41.5 Å². The van der Waals surface area contributed by atoms with Crippen LogP contribution in [0.5, 0.6) is 0 Å². The van der Waals surface area contributed by atoms with Crippen molar-refractivity contribution < 1.29 is 9.32 Å². The number of hydrogen-bond acceptors (Lipinski definition) is 3. The second kappa shape index (κ2) is 5.30. The van der Waals surface area contributed by atoms with E-state index in [2.05, 4.69) is 33.0 Å². The fourth-order valence-electron chi connectivity index (χ4n) is 1.32. The van der Waals surface area contributed by atoms with E-state index in [0.29, 0.717) is 23.6 Å². The molecule has 1 aromatic heterocycles. The minimum atomic E-state index is -0.178. The molecule has 5 heteroatoms. The molecule has 0 bridgehead atoms. The summed E-state index contributed by atoms with van der Waals surface area (Å²) in [5.74, 6) is 0.576. The van der Waals surface area contributed by atoms with E-state index in [9.17, 15) is 4.79 Å². The molecule has 0 aliphatic heterocycles. The van der Waals surface area contributed by atoms with Crippen molar-refractivity contribution in [3.63, 3.8) is 0 Å². The maximum atomic E-state index is 11.9. The van der Waals surface area contributed by atoms with Crippen LogP contribution < -0.4 is 5.32 Å². The highest BCUT2D eigenvalue weighted by Crippen LogP contribution is 2.22. The summed E-state index contributed by atoms with van der Waals surface area (Å²) in [6.45, 7) is 9.72. The Morgan fingerprint density at radius 1 is 1.62 bits per heavy atom. The normalized spacial score (nSPS) is 10.6. The first kappa shape index (κ1) is 13.0. The Bertz CT molecular complexity index is 410. The third-order valence-electron chi connectivity index (χ3n) is 2.08. The zero-order valence-electron chi connectivity index (χ0n) is 9.63. The van der Waals surface area contributed by atoms with Crippen LogP contribution in [0.3, 0.4) is 0 Å². The van der Waals surface area contributed by atoms with E-state index in [4.69, 9.17) is 4.52 Å². The minimum Gasteiger partial charge on any atom is -0.360 e. The van der Waals surface area contributed by atoms with Gasteiger partial charge in [-0.05, 0) is 6.92 Å². The van der Waals surface area contributed by atoms with Gasteiger partial charge >= 0.3 is 0 Å². The summed E-state index contributed by atoms with van der Waals surface area (Å²) in [4.78, 5) is 11.9. The topological polar surface area (TPSA) is 55.1 Å². The lowest BCUT2D eigenvalue weighted by Gasteiger charge is -2.06. The van der Waals surface area contributed by atoms with Crippen molar-refractivity contribution in [3.8, 4) is 0 Å². The molecule has 0 saturated carbocycles. The molecule has 0 fully saturated rings. The number of hydrogen-bond donors (Lipinski definition) is 1. The van der Waals surface area contributed by atoms with Crippen LogP contribution in [0.2, 0.25) is 0 Å². The van der Waals surface area contributed by atoms with Crippen molar-refractivity contribution in [2.24, 2.45) is 0 Å². The number of carbonyl (C=O) groups excluding carboxylic acids is 1. The van der Waals surface area contributed by atoms with Crippen LogP contribution in [0.4, 0.5) is 0 Å². The highest BCUT2D eigenvalue weighted by Gasteiger charge is 2.22. The second-order valence-electron chi connectivity index (χ2n) is 3.86. The fraction of sp³-hybridized carbons (Fsp3) is 0.455. The zero-order valence-corrected chi connectivity index (χ0v) is 11.2. The van der Waals surface area contributed by atoms with Gasteiger partial charge in [-0.25, -0.2) is 0 Å². The molecule has 0 aliphatic rings. The molecule has 1 amide bonds. The molecule has 1 rings (SSSR count). The van der Waals surface area contributed by atoms with Crippen molar-refractivity contribution in [2.75, 3.05) is 6.54 Å². The van der Waals surface area contributed by atoms with Crippen molar-refractivity contribution >= 4 is 21.8 Å². The van der Waals surface area contributed by atoms with E-state index in [1.165, 1.54) is 0 Å². The highest BCUT2D eigenvalue weighted by atomic mass is 79.9. The molecule has 1 N–H and O–H groups in total. The Morgan fingerprint density at radius 3 is 2.75 bits per heavy atom. The number of nitrogens with zero attached hydrogens (tertiary/aromatic N) is 1. The van der Waals surface area contributed by atoms with E-state index in [-0.39, 0.29) is 11.8 Å². The molecule has 0 atom stereocenters. The van der Waals surface area contributed by atoms with Gasteiger partial charge in [0, 0.05) is 16.9 Å². The van der Waals surface area contributed by atoms with Gasteiger partial charge in [0.05, 0.1) is 5.69 Å². The summed E-state index contributed by atoms with van der Waals surface area (Å²) in [6, 6.07) is 0. The minimum absolute atomic E-state index is 0.133. The Morgan fingerprint density at radius 2 is 2.25 bits per heavy atom. The number of halogens is 1. The lowest BCUT2D eigenvalue weighted by atomic mass is 10.0. The maximum absolute atomic E-state index is 11.9. The lowest BCUT2D eigenvalue weighted by Crippen LogP contribution is -2.25. The molecular weight excluding hydrogens is 272 g/mol. The highest BCUT2D eigenvalue weighted by molar-refractivity contribution is 9.11. The molecule has 1 aromatic rings. The molecule has 0 aliphatic carbocycles. The first-order chi connectivity index (χ1) is 7.43. The van der Waals surface area contributed by atoms with Crippen LogP contribution >= 0.6 is 15.9 Å². The molecule has 16 heavy (non-hydrogen) atoms. The Labute approximate surface area is 103 Å². The van der Waals surface area contributed by atoms with Crippen LogP contribution in [0.1, 0.15) is 41.6 Å². The van der Waals surface area contributed by atoms with Crippen LogP contribution in [0.15, 0.2) is 15.6 Å². The molecule has 0 saturated heterocycles. The number of rotatable bonds is 4. The predicted molar refractivity (Wildman–Crippen MR) is 65.7 cm³/mol. The smallest absolute Gasteiger partial charge is 0.257 e. The number of aromatic nitrogens is 1. The number of amides is 1. The summed E-state index contributed by atoms with van der Waals surface area (Å²) in [7, 11) is 0. The summed E-state index contributed by atoms with van der Waals surface area (Å²) < 4.78 is 5.86. The third-order valence-corrected chi connectivity index (χ3v) is 2.36. The summed E-state index contributed by atoms with van der Waals surface area (Å²) in [6.07, 6.45) is 0. The van der Waals surface area contributed by atoms with Gasteiger partial charge in [0.1, 0.15) is 5.56 Å². The van der Waals surface area contributed by atoms with Crippen molar-refractivity contribution in [1.29, 1.82) is 0 Å². The van der Waals surface area contributed by atoms with E-state index in [1.54, 1.807) is 6.92 Å². The molecule has 1 heterocycles. The molecule has 88 valence electrons. The van der Waals surface area contributed by atoms with Gasteiger partial charge in [0.15, 0.2) is 5.76 Å². The number of nitrogens with one attached hydrogen (secondary N) is 1. The van der Waals surface area contributed by atoms with Gasteiger partial charge in [-0.2, -0.15) is 0 Å². The average Bonchev–Trinajstić information content (AvgIpc) is 2.56. The molecule has 4 nitrogen and oxygen atoms in total. The van der Waals surface area contributed by atoms with E-state index < -0.39 is 0 Å². The lowest BCUT2D eigenvalue weighted by molar-refractivity contribution is 0.0954.